The van der Waals surface area contributed by atoms with E-state index in [1.807, 2.05) is 0 Å². The third-order valence-electron chi connectivity index (χ3n) is 4.25. The number of halogens is 1. The Labute approximate surface area is 144 Å². The average Bonchev–Trinajstić information content (AvgIpc) is 2.45. The van der Waals surface area contributed by atoms with Gasteiger partial charge in [-0.3, -0.25) is 4.79 Å². The Morgan fingerprint density at radius 2 is 2.14 bits per heavy atom. The first-order valence-electron chi connectivity index (χ1n) is 7.76. The molecule has 22 heavy (non-hydrogen) atoms. The van der Waals surface area contributed by atoms with Crippen molar-refractivity contribution in [2.24, 2.45) is 5.92 Å². The van der Waals surface area contributed by atoms with Gasteiger partial charge in [0, 0.05) is 29.7 Å². The minimum absolute atomic E-state index is 0. The Bertz CT molecular complexity index is 496. The topological polar surface area (TPSA) is 41.1 Å². The van der Waals surface area contributed by atoms with Crippen LogP contribution in [0.15, 0.2) is 23.1 Å². The molecular formula is C17H27ClN2OS. The largest absolute Gasteiger partial charge is 0.352 e. The van der Waals surface area contributed by atoms with Crippen molar-refractivity contribution >= 4 is 30.1 Å². The van der Waals surface area contributed by atoms with E-state index in [0.717, 1.165) is 25.3 Å². The molecule has 1 amide bonds. The molecule has 0 bridgehead atoms. The minimum atomic E-state index is 0. The highest BCUT2D eigenvalue weighted by atomic mass is 35.5. The maximum Gasteiger partial charge on any atom is 0.221 e. The summed E-state index contributed by atoms with van der Waals surface area (Å²) in [7, 11) is 0. The number of hydrogen-bond acceptors (Lipinski definition) is 3. The monoisotopic (exact) mass is 342 g/mol. The molecule has 1 heterocycles. The van der Waals surface area contributed by atoms with Gasteiger partial charge in [0.25, 0.3) is 0 Å². The van der Waals surface area contributed by atoms with Crippen LogP contribution in [0.3, 0.4) is 0 Å². The van der Waals surface area contributed by atoms with Gasteiger partial charge in [0.05, 0.1) is 0 Å². The third-order valence-corrected chi connectivity index (χ3v) is 5.25. The van der Waals surface area contributed by atoms with E-state index in [9.17, 15) is 4.79 Å². The maximum atomic E-state index is 12.0. The SMILES string of the molecule is Cc1ccc(SCCC(=O)NC2CNCCC2C)cc1C.Cl. The highest BCUT2D eigenvalue weighted by molar-refractivity contribution is 7.99. The van der Waals surface area contributed by atoms with Crippen LogP contribution in [0.25, 0.3) is 0 Å². The summed E-state index contributed by atoms with van der Waals surface area (Å²) in [5.41, 5.74) is 2.63. The lowest BCUT2D eigenvalue weighted by atomic mass is 9.95. The Balaban J connectivity index is 0.00000242. The second-order valence-electron chi connectivity index (χ2n) is 5.99. The van der Waals surface area contributed by atoms with E-state index in [-0.39, 0.29) is 24.4 Å². The number of piperidine rings is 1. The van der Waals surface area contributed by atoms with Gasteiger partial charge in [0.1, 0.15) is 0 Å². The van der Waals surface area contributed by atoms with Crippen LogP contribution in [0.1, 0.15) is 30.9 Å². The van der Waals surface area contributed by atoms with E-state index in [2.05, 4.69) is 49.6 Å². The minimum Gasteiger partial charge on any atom is -0.352 e. The molecule has 2 atom stereocenters. The van der Waals surface area contributed by atoms with Gasteiger partial charge in [0.2, 0.25) is 5.91 Å². The predicted octanol–water partition coefficient (Wildman–Crippen LogP) is 3.32. The van der Waals surface area contributed by atoms with Crippen LogP contribution in [-0.4, -0.2) is 30.8 Å². The summed E-state index contributed by atoms with van der Waals surface area (Å²) in [6.45, 7) is 8.43. The van der Waals surface area contributed by atoms with Gasteiger partial charge in [-0.2, -0.15) is 0 Å². The summed E-state index contributed by atoms with van der Waals surface area (Å²) < 4.78 is 0. The predicted molar refractivity (Wildman–Crippen MR) is 97.1 cm³/mol. The summed E-state index contributed by atoms with van der Waals surface area (Å²) in [4.78, 5) is 13.3. The zero-order valence-corrected chi connectivity index (χ0v) is 15.3. The molecule has 1 saturated heterocycles. The summed E-state index contributed by atoms with van der Waals surface area (Å²) in [6.07, 6.45) is 1.73. The highest BCUT2D eigenvalue weighted by Gasteiger charge is 2.22. The first-order chi connectivity index (χ1) is 10.1. The highest BCUT2D eigenvalue weighted by Crippen LogP contribution is 2.21. The van der Waals surface area contributed by atoms with E-state index in [4.69, 9.17) is 0 Å². The molecule has 0 spiro atoms. The molecule has 1 aromatic rings. The van der Waals surface area contributed by atoms with Crippen molar-refractivity contribution in [2.75, 3.05) is 18.8 Å². The lowest BCUT2D eigenvalue weighted by Gasteiger charge is -2.30. The number of amides is 1. The first-order valence-corrected chi connectivity index (χ1v) is 8.75. The van der Waals surface area contributed by atoms with Gasteiger partial charge in [-0.05, 0) is 56.0 Å². The maximum absolute atomic E-state index is 12.0. The van der Waals surface area contributed by atoms with Crippen molar-refractivity contribution in [3.05, 3.63) is 29.3 Å². The van der Waals surface area contributed by atoms with Crippen LogP contribution in [0.4, 0.5) is 0 Å². The van der Waals surface area contributed by atoms with E-state index in [0.29, 0.717) is 12.3 Å². The Hall–Kier alpha value is -0.710. The fraction of sp³-hybridized carbons (Fsp3) is 0.588. The van der Waals surface area contributed by atoms with Gasteiger partial charge in [-0.25, -0.2) is 0 Å². The number of nitrogens with one attached hydrogen (secondary N) is 2. The number of benzene rings is 1. The molecule has 0 saturated carbocycles. The molecule has 1 aliphatic heterocycles. The number of hydrogen-bond donors (Lipinski definition) is 2. The van der Waals surface area contributed by atoms with Gasteiger partial charge < -0.3 is 10.6 Å². The van der Waals surface area contributed by atoms with E-state index < -0.39 is 0 Å². The lowest BCUT2D eigenvalue weighted by Crippen LogP contribution is -2.50. The van der Waals surface area contributed by atoms with Gasteiger partial charge >= 0.3 is 0 Å². The molecule has 0 radical (unpaired) electrons. The van der Waals surface area contributed by atoms with Crippen LogP contribution >= 0.6 is 24.2 Å². The average molecular weight is 343 g/mol. The smallest absolute Gasteiger partial charge is 0.221 e. The molecule has 1 aliphatic rings. The summed E-state index contributed by atoms with van der Waals surface area (Å²) in [5, 5.41) is 6.50. The number of rotatable bonds is 5. The Morgan fingerprint density at radius 1 is 1.36 bits per heavy atom. The molecule has 5 heteroatoms. The van der Waals surface area contributed by atoms with Crippen LogP contribution in [0, 0.1) is 19.8 Å². The van der Waals surface area contributed by atoms with E-state index in [1.54, 1.807) is 11.8 Å². The second-order valence-corrected chi connectivity index (χ2v) is 7.16. The third kappa shape index (κ3) is 5.82. The van der Waals surface area contributed by atoms with Crippen molar-refractivity contribution in [1.29, 1.82) is 0 Å². The number of carbonyl (C=O) groups is 1. The summed E-state index contributed by atoms with van der Waals surface area (Å²) in [6, 6.07) is 6.77. The molecule has 2 N–H and O–H groups in total. The Kier molecular flexibility index (Phi) is 8.29. The van der Waals surface area contributed by atoms with Crippen LogP contribution < -0.4 is 10.6 Å². The molecular weight excluding hydrogens is 316 g/mol. The van der Waals surface area contributed by atoms with Crippen LogP contribution in [0.5, 0.6) is 0 Å². The quantitative estimate of drug-likeness (QED) is 0.806. The van der Waals surface area contributed by atoms with Crippen molar-refractivity contribution in [1.82, 2.24) is 10.6 Å². The molecule has 1 fully saturated rings. The number of carbonyl (C=O) groups excluding carboxylic acids is 1. The van der Waals surface area contributed by atoms with Crippen LogP contribution in [-0.2, 0) is 4.79 Å². The second kappa shape index (κ2) is 9.43. The fourth-order valence-corrected chi connectivity index (χ4v) is 3.47. The van der Waals surface area contributed by atoms with Gasteiger partial charge in [0.15, 0.2) is 0 Å². The molecule has 1 aromatic carbocycles. The zero-order valence-electron chi connectivity index (χ0n) is 13.6. The normalized spacial score (nSPS) is 21.0. The summed E-state index contributed by atoms with van der Waals surface area (Å²) >= 11 is 1.76. The van der Waals surface area contributed by atoms with Gasteiger partial charge in [-0.1, -0.05) is 13.0 Å². The molecule has 0 aromatic heterocycles. The fourth-order valence-electron chi connectivity index (χ4n) is 2.53. The first kappa shape index (κ1) is 19.3. The number of thioether (sulfide) groups is 1. The van der Waals surface area contributed by atoms with Crippen molar-refractivity contribution in [3.63, 3.8) is 0 Å². The standard InChI is InChI=1S/C17H26N2OS.ClH/c1-12-4-5-15(10-14(12)3)21-9-7-17(20)19-16-11-18-8-6-13(16)2;/h4-5,10,13,16,18H,6-9,11H2,1-3H3,(H,19,20);1H. The van der Waals surface area contributed by atoms with E-state index >= 15 is 0 Å². The molecule has 2 unspecified atom stereocenters. The molecule has 3 nitrogen and oxygen atoms in total. The molecule has 0 aliphatic carbocycles. The summed E-state index contributed by atoms with van der Waals surface area (Å²) in [5.74, 6) is 1.58. The number of aryl methyl sites for hydroxylation is 2. The van der Waals surface area contributed by atoms with Gasteiger partial charge in [-0.15, -0.1) is 24.2 Å². The molecule has 2 rings (SSSR count). The van der Waals surface area contributed by atoms with Crippen molar-refractivity contribution < 1.29 is 4.79 Å². The Morgan fingerprint density at radius 3 is 2.82 bits per heavy atom. The van der Waals surface area contributed by atoms with Crippen molar-refractivity contribution in [3.8, 4) is 0 Å². The zero-order chi connectivity index (χ0) is 15.2. The van der Waals surface area contributed by atoms with Crippen molar-refractivity contribution in [2.45, 2.75) is 44.6 Å². The van der Waals surface area contributed by atoms with Crippen LogP contribution in [0.2, 0.25) is 0 Å². The lowest BCUT2D eigenvalue weighted by molar-refractivity contribution is -0.121. The van der Waals surface area contributed by atoms with E-state index in [1.165, 1.54) is 16.0 Å². The molecule has 124 valence electrons.